The highest BCUT2D eigenvalue weighted by molar-refractivity contribution is 7.17. The Balaban J connectivity index is 1.73. The number of hydrogen-bond acceptors (Lipinski definition) is 5. The maximum atomic E-state index is 12.6. The van der Waals surface area contributed by atoms with Crippen molar-refractivity contribution in [1.29, 1.82) is 0 Å². The van der Waals surface area contributed by atoms with Gasteiger partial charge in [-0.25, -0.2) is 4.79 Å². The third kappa shape index (κ3) is 5.06. The van der Waals surface area contributed by atoms with Gasteiger partial charge in [-0.2, -0.15) is 0 Å². The van der Waals surface area contributed by atoms with E-state index in [9.17, 15) is 9.59 Å². The molecule has 1 heterocycles. The molecule has 150 valence electrons. The van der Waals surface area contributed by atoms with Gasteiger partial charge < -0.3 is 14.8 Å². The molecule has 2 aromatic rings. The van der Waals surface area contributed by atoms with Crippen LogP contribution in [0, 0.1) is 5.92 Å². The third-order valence-electron chi connectivity index (χ3n) is 4.59. The standard InChI is InChI=1S/C21H24ClNO4S/c1-3-10-26-21(25)19-16-9-4-13(2)11-17(16)28-20(19)23-18(24)12-27-15-7-5-14(22)6-8-15/h5-8,13H,3-4,9-12H2,1-2H3,(H,23,24). The van der Waals surface area contributed by atoms with Crippen molar-refractivity contribution < 1.29 is 19.1 Å². The average molecular weight is 422 g/mol. The van der Waals surface area contributed by atoms with E-state index in [1.54, 1.807) is 24.3 Å². The van der Waals surface area contributed by atoms with Crippen LogP contribution >= 0.6 is 22.9 Å². The van der Waals surface area contributed by atoms with Crippen molar-refractivity contribution in [2.75, 3.05) is 18.5 Å². The number of esters is 1. The Labute approximate surface area is 174 Å². The lowest BCUT2D eigenvalue weighted by Gasteiger charge is -2.18. The molecule has 0 saturated heterocycles. The summed E-state index contributed by atoms with van der Waals surface area (Å²) in [6.07, 6.45) is 3.54. The molecular formula is C21H24ClNO4S. The summed E-state index contributed by atoms with van der Waals surface area (Å²) in [5, 5.41) is 4.01. The van der Waals surface area contributed by atoms with Crippen molar-refractivity contribution in [3.63, 3.8) is 0 Å². The van der Waals surface area contributed by atoms with E-state index in [0.717, 1.165) is 36.1 Å². The van der Waals surface area contributed by atoms with Crippen molar-refractivity contribution in [1.82, 2.24) is 0 Å². The topological polar surface area (TPSA) is 64.6 Å². The maximum absolute atomic E-state index is 12.6. The number of fused-ring (bicyclic) bond motifs is 1. The average Bonchev–Trinajstić information content (AvgIpc) is 3.02. The second-order valence-corrected chi connectivity index (χ2v) is 8.52. The minimum atomic E-state index is -0.358. The SMILES string of the molecule is CCCOC(=O)c1c(NC(=O)COc2ccc(Cl)cc2)sc2c1CCC(C)C2. The van der Waals surface area contributed by atoms with Gasteiger partial charge in [-0.05, 0) is 61.4 Å². The lowest BCUT2D eigenvalue weighted by Crippen LogP contribution is -2.21. The Kier molecular flexibility index (Phi) is 6.97. The number of ether oxygens (including phenoxy) is 2. The van der Waals surface area contributed by atoms with Gasteiger partial charge >= 0.3 is 5.97 Å². The fraction of sp³-hybridized carbons (Fsp3) is 0.429. The quantitative estimate of drug-likeness (QED) is 0.631. The largest absolute Gasteiger partial charge is 0.484 e. The first kappa shape index (κ1) is 20.7. The highest BCUT2D eigenvalue weighted by Gasteiger charge is 2.29. The zero-order valence-corrected chi connectivity index (χ0v) is 17.6. The van der Waals surface area contributed by atoms with Crippen molar-refractivity contribution in [3.8, 4) is 5.75 Å². The molecule has 1 aromatic heterocycles. The van der Waals surface area contributed by atoms with Crippen LogP contribution < -0.4 is 10.1 Å². The summed E-state index contributed by atoms with van der Waals surface area (Å²) < 4.78 is 10.9. The summed E-state index contributed by atoms with van der Waals surface area (Å²) in [5.74, 6) is 0.456. The van der Waals surface area contributed by atoms with Crippen molar-refractivity contribution in [2.45, 2.75) is 39.5 Å². The van der Waals surface area contributed by atoms with Gasteiger partial charge in [-0.15, -0.1) is 11.3 Å². The van der Waals surface area contributed by atoms with E-state index in [4.69, 9.17) is 21.1 Å². The predicted octanol–water partition coefficient (Wildman–Crippen LogP) is 5.11. The van der Waals surface area contributed by atoms with Crippen LogP contribution in [0.2, 0.25) is 5.02 Å². The van der Waals surface area contributed by atoms with Crippen LogP contribution in [0.15, 0.2) is 24.3 Å². The lowest BCUT2D eigenvalue weighted by molar-refractivity contribution is -0.118. The molecule has 5 nitrogen and oxygen atoms in total. The van der Waals surface area contributed by atoms with E-state index >= 15 is 0 Å². The number of nitrogens with one attached hydrogen (secondary N) is 1. The fourth-order valence-electron chi connectivity index (χ4n) is 3.16. The van der Waals surface area contributed by atoms with Crippen LogP contribution in [0.5, 0.6) is 5.75 Å². The van der Waals surface area contributed by atoms with Gasteiger partial charge in [-0.3, -0.25) is 4.79 Å². The second kappa shape index (κ2) is 9.43. The molecule has 0 bridgehead atoms. The molecule has 0 radical (unpaired) electrons. The fourth-order valence-corrected chi connectivity index (χ4v) is 4.71. The Morgan fingerprint density at radius 1 is 1.29 bits per heavy atom. The van der Waals surface area contributed by atoms with Gasteiger partial charge in [0, 0.05) is 9.90 Å². The van der Waals surface area contributed by atoms with E-state index < -0.39 is 0 Å². The first-order valence-corrected chi connectivity index (χ1v) is 10.7. The molecule has 0 fully saturated rings. The molecule has 0 spiro atoms. The van der Waals surface area contributed by atoms with E-state index in [2.05, 4.69) is 12.2 Å². The predicted molar refractivity (Wildman–Crippen MR) is 112 cm³/mol. The van der Waals surface area contributed by atoms with Gasteiger partial charge in [0.2, 0.25) is 0 Å². The molecule has 1 N–H and O–H groups in total. The van der Waals surface area contributed by atoms with Crippen molar-refractivity contribution in [2.24, 2.45) is 5.92 Å². The monoisotopic (exact) mass is 421 g/mol. The third-order valence-corrected chi connectivity index (χ3v) is 6.01. The molecule has 1 aromatic carbocycles. The molecule has 0 aliphatic heterocycles. The number of carbonyl (C=O) groups excluding carboxylic acids is 2. The van der Waals surface area contributed by atoms with Gasteiger partial charge in [0.15, 0.2) is 6.61 Å². The minimum Gasteiger partial charge on any atom is -0.484 e. The van der Waals surface area contributed by atoms with Crippen LogP contribution in [0.1, 0.15) is 47.5 Å². The maximum Gasteiger partial charge on any atom is 0.341 e. The number of amides is 1. The highest BCUT2D eigenvalue weighted by Crippen LogP contribution is 2.40. The summed E-state index contributed by atoms with van der Waals surface area (Å²) in [5.41, 5.74) is 1.54. The van der Waals surface area contributed by atoms with Crippen LogP contribution in [0.3, 0.4) is 0 Å². The van der Waals surface area contributed by atoms with Gasteiger partial charge in [0.25, 0.3) is 5.91 Å². The van der Waals surface area contributed by atoms with Gasteiger partial charge in [0.1, 0.15) is 10.8 Å². The molecule has 1 aliphatic carbocycles. The number of halogens is 1. The van der Waals surface area contributed by atoms with E-state index in [0.29, 0.717) is 33.9 Å². The van der Waals surface area contributed by atoms with Crippen LogP contribution in [0.25, 0.3) is 0 Å². The zero-order valence-electron chi connectivity index (χ0n) is 16.0. The van der Waals surface area contributed by atoms with Crippen LogP contribution in [0.4, 0.5) is 5.00 Å². The minimum absolute atomic E-state index is 0.149. The molecule has 3 rings (SSSR count). The molecule has 28 heavy (non-hydrogen) atoms. The smallest absolute Gasteiger partial charge is 0.341 e. The van der Waals surface area contributed by atoms with Crippen LogP contribution in [-0.4, -0.2) is 25.1 Å². The van der Waals surface area contributed by atoms with Gasteiger partial charge in [-0.1, -0.05) is 25.4 Å². The summed E-state index contributed by atoms with van der Waals surface area (Å²) >= 11 is 7.32. The normalized spacial score (nSPS) is 15.6. The highest BCUT2D eigenvalue weighted by atomic mass is 35.5. The number of carbonyl (C=O) groups is 2. The van der Waals surface area contributed by atoms with Crippen molar-refractivity contribution in [3.05, 3.63) is 45.3 Å². The number of benzene rings is 1. The van der Waals surface area contributed by atoms with Gasteiger partial charge in [0.05, 0.1) is 12.2 Å². The zero-order chi connectivity index (χ0) is 20.1. The Hall–Kier alpha value is -2.05. The Bertz CT molecular complexity index is 847. The van der Waals surface area contributed by atoms with Crippen LogP contribution in [-0.2, 0) is 22.4 Å². The molecule has 0 saturated carbocycles. The summed E-state index contributed by atoms with van der Waals surface area (Å²) in [4.78, 5) is 26.2. The molecule has 1 amide bonds. The molecule has 1 unspecified atom stereocenters. The molecular weight excluding hydrogens is 398 g/mol. The molecule has 1 aliphatic rings. The number of rotatable bonds is 7. The summed E-state index contributed by atoms with van der Waals surface area (Å²) in [6, 6.07) is 6.80. The number of thiophene rings is 1. The second-order valence-electron chi connectivity index (χ2n) is 6.98. The lowest BCUT2D eigenvalue weighted by atomic mass is 9.88. The summed E-state index contributed by atoms with van der Waals surface area (Å²) in [7, 11) is 0. The number of hydrogen-bond donors (Lipinski definition) is 1. The Morgan fingerprint density at radius 2 is 2.04 bits per heavy atom. The molecule has 1 atom stereocenters. The summed E-state index contributed by atoms with van der Waals surface area (Å²) in [6.45, 7) is 4.38. The van der Waals surface area contributed by atoms with E-state index in [1.165, 1.54) is 11.3 Å². The number of anilines is 1. The first-order valence-electron chi connectivity index (χ1n) is 9.47. The van der Waals surface area contributed by atoms with E-state index in [-0.39, 0.29) is 18.5 Å². The first-order chi connectivity index (χ1) is 13.5. The van der Waals surface area contributed by atoms with E-state index in [1.807, 2.05) is 6.92 Å². The Morgan fingerprint density at radius 3 is 2.75 bits per heavy atom. The van der Waals surface area contributed by atoms with Crippen molar-refractivity contribution >= 4 is 39.8 Å². The molecule has 7 heteroatoms.